The molecule has 0 N–H and O–H groups in total. The molecule has 15 heavy (non-hydrogen) atoms. The molecule has 0 spiro atoms. The maximum atomic E-state index is 11.7. The largest absolute Gasteiger partial charge is 0.259 e. The van der Waals surface area contributed by atoms with E-state index in [2.05, 4.69) is 15.9 Å². The van der Waals surface area contributed by atoms with Gasteiger partial charge in [-0.25, -0.2) is 0 Å². The molecule has 82 valence electrons. The van der Waals surface area contributed by atoms with E-state index >= 15 is 0 Å². The van der Waals surface area contributed by atoms with Gasteiger partial charge >= 0.3 is 0 Å². The molecule has 4 heteroatoms. The van der Waals surface area contributed by atoms with Crippen LogP contribution in [0, 0.1) is 5.92 Å². The Bertz CT molecular complexity index is 390. The summed E-state index contributed by atoms with van der Waals surface area (Å²) in [6.07, 6.45) is 2.50. The molecule has 1 atom stereocenters. The van der Waals surface area contributed by atoms with Gasteiger partial charge in [0.2, 0.25) is 0 Å². The zero-order chi connectivity index (χ0) is 10.8. The van der Waals surface area contributed by atoms with E-state index in [-0.39, 0.29) is 0 Å². The highest BCUT2D eigenvalue weighted by atomic mass is 79.9. The minimum absolute atomic E-state index is 0.586. The van der Waals surface area contributed by atoms with Crippen LogP contribution < -0.4 is 0 Å². The second kappa shape index (κ2) is 4.98. The first-order valence-electron chi connectivity index (χ1n) is 4.94. The maximum absolute atomic E-state index is 11.7. The van der Waals surface area contributed by atoms with Crippen LogP contribution in [-0.2, 0) is 16.6 Å². The Hall–Kier alpha value is 0.140. The van der Waals surface area contributed by atoms with Crippen LogP contribution in [0.1, 0.15) is 18.4 Å². The summed E-state index contributed by atoms with van der Waals surface area (Å²) in [5.41, 5.74) is 0.985. The first-order valence-corrected chi connectivity index (χ1v) is 7.60. The molecule has 1 aromatic carbocycles. The molecule has 0 saturated heterocycles. The summed E-state index contributed by atoms with van der Waals surface area (Å²) in [5.74, 6) is 2.13. The number of hydrogen-bond acceptors (Lipinski definition) is 1. The molecule has 0 heterocycles. The van der Waals surface area contributed by atoms with Gasteiger partial charge in [-0.05, 0) is 36.5 Å². The number of benzene rings is 1. The van der Waals surface area contributed by atoms with E-state index in [9.17, 15) is 4.21 Å². The average Bonchev–Trinajstić information content (AvgIpc) is 2.94. The van der Waals surface area contributed by atoms with Crippen LogP contribution in [0.4, 0.5) is 0 Å². The molecule has 0 unspecified atom stereocenters. The summed E-state index contributed by atoms with van der Waals surface area (Å²) < 4.78 is 12.7. The molecular formula is C11H12BrClOS. The summed E-state index contributed by atoms with van der Waals surface area (Å²) in [5, 5.41) is 0.702. The highest BCUT2D eigenvalue weighted by molar-refractivity contribution is 9.10. The number of rotatable bonds is 4. The third kappa shape index (κ3) is 3.58. The molecule has 1 aromatic rings. The van der Waals surface area contributed by atoms with Crippen molar-refractivity contribution in [3.8, 4) is 0 Å². The monoisotopic (exact) mass is 306 g/mol. The predicted molar refractivity (Wildman–Crippen MR) is 68.6 cm³/mol. The molecule has 1 aliphatic carbocycles. The van der Waals surface area contributed by atoms with Crippen molar-refractivity contribution in [3.05, 3.63) is 33.3 Å². The third-order valence-electron chi connectivity index (χ3n) is 2.45. The van der Waals surface area contributed by atoms with Gasteiger partial charge in [0.05, 0.1) is 5.75 Å². The van der Waals surface area contributed by atoms with E-state index in [0.29, 0.717) is 16.7 Å². The van der Waals surface area contributed by atoms with Crippen molar-refractivity contribution in [2.45, 2.75) is 18.6 Å². The Morgan fingerprint density at radius 1 is 1.47 bits per heavy atom. The summed E-state index contributed by atoms with van der Waals surface area (Å²) in [7, 11) is -0.755. The fraction of sp³-hybridized carbons (Fsp3) is 0.455. The van der Waals surface area contributed by atoms with Crippen molar-refractivity contribution in [2.75, 3.05) is 5.75 Å². The quantitative estimate of drug-likeness (QED) is 0.828. The van der Waals surface area contributed by atoms with Gasteiger partial charge in [0, 0.05) is 26.0 Å². The molecule has 0 bridgehead atoms. The molecular weight excluding hydrogens is 296 g/mol. The molecule has 0 radical (unpaired) electrons. The van der Waals surface area contributed by atoms with E-state index < -0.39 is 10.8 Å². The fourth-order valence-corrected chi connectivity index (χ4v) is 3.81. The Morgan fingerprint density at radius 3 is 2.80 bits per heavy atom. The second-order valence-electron chi connectivity index (χ2n) is 3.93. The van der Waals surface area contributed by atoms with E-state index in [1.807, 2.05) is 18.2 Å². The molecule has 0 amide bonds. The minimum Gasteiger partial charge on any atom is -0.259 e. The van der Waals surface area contributed by atoms with Gasteiger partial charge in [0.1, 0.15) is 0 Å². The van der Waals surface area contributed by atoms with Crippen LogP contribution in [0.15, 0.2) is 22.7 Å². The maximum Gasteiger partial charge on any atom is 0.0500 e. The normalized spacial score (nSPS) is 17.7. The van der Waals surface area contributed by atoms with Crippen molar-refractivity contribution >= 4 is 38.3 Å². The molecule has 0 aromatic heterocycles. The first kappa shape index (κ1) is 11.6. The van der Waals surface area contributed by atoms with Crippen LogP contribution in [0.25, 0.3) is 0 Å². The van der Waals surface area contributed by atoms with Gasteiger partial charge in [-0.15, -0.1) is 0 Å². The summed E-state index contributed by atoms with van der Waals surface area (Å²) in [6, 6.07) is 5.73. The molecule has 2 rings (SSSR count). The number of hydrogen-bond donors (Lipinski definition) is 0. The number of halogens is 2. The van der Waals surface area contributed by atoms with Crippen molar-refractivity contribution in [1.82, 2.24) is 0 Å². The molecule has 1 aliphatic rings. The van der Waals surface area contributed by atoms with Crippen molar-refractivity contribution in [2.24, 2.45) is 5.92 Å². The van der Waals surface area contributed by atoms with Gasteiger partial charge in [-0.1, -0.05) is 33.6 Å². The lowest BCUT2D eigenvalue weighted by Crippen LogP contribution is -2.02. The standard InChI is InChI=1S/C11H12BrClOS/c12-10-4-3-9(11(13)5-10)7-15(14)6-8-1-2-8/h3-5,8H,1-2,6-7H2/t15-/m1/s1. The Morgan fingerprint density at radius 2 is 2.20 bits per heavy atom. The Labute approximate surface area is 106 Å². The van der Waals surface area contributed by atoms with E-state index in [1.54, 1.807) is 0 Å². The van der Waals surface area contributed by atoms with Crippen LogP contribution in [0.2, 0.25) is 5.02 Å². The van der Waals surface area contributed by atoms with E-state index in [0.717, 1.165) is 15.8 Å². The SMILES string of the molecule is O=[S@@](Cc1ccc(Br)cc1Cl)CC1CC1. The van der Waals surface area contributed by atoms with E-state index in [4.69, 9.17) is 11.6 Å². The lowest BCUT2D eigenvalue weighted by Gasteiger charge is -2.04. The van der Waals surface area contributed by atoms with Gasteiger partial charge in [0.15, 0.2) is 0 Å². The Kier molecular flexibility index (Phi) is 3.86. The van der Waals surface area contributed by atoms with Gasteiger partial charge in [0.25, 0.3) is 0 Å². The van der Waals surface area contributed by atoms with Crippen molar-refractivity contribution in [1.29, 1.82) is 0 Å². The molecule has 1 nitrogen and oxygen atoms in total. The lowest BCUT2D eigenvalue weighted by atomic mass is 10.2. The second-order valence-corrected chi connectivity index (χ2v) is 6.75. The van der Waals surface area contributed by atoms with Crippen LogP contribution >= 0.6 is 27.5 Å². The Balaban J connectivity index is 1.99. The van der Waals surface area contributed by atoms with Gasteiger partial charge < -0.3 is 0 Å². The minimum atomic E-state index is -0.755. The van der Waals surface area contributed by atoms with Crippen LogP contribution in [0.5, 0.6) is 0 Å². The fourth-order valence-electron chi connectivity index (χ4n) is 1.42. The highest BCUT2D eigenvalue weighted by Crippen LogP contribution is 2.30. The topological polar surface area (TPSA) is 17.1 Å². The van der Waals surface area contributed by atoms with Gasteiger partial charge in [-0.3, -0.25) is 4.21 Å². The molecule has 1 fully saturated rings. The van der Waals surface area contributed by atoms with Crippen molar-refractivity contribution in [3.63, 3.8) is 0 Å². The average molecular weight is 308 g/mol. The third-order valence-corrected chi connectivity index (χ3v) is 4.77. The van der Waals surface area contributed by atoms with Crippen molar-refractivity contribution < 1.29 is 4.21 Å². The van der Waals surface area contributed by atoms with Crippen LogP contribution in [-0.4, -0.2) is 9.96 Å². The molecule has 0 aliphatic heterocycles. The van der Waals surface area contributed by atoms with Crippen LogP contribution in [0.3, 0.4) is 0 Å². The zero-order valence-corrected chi connectivity index (χ0v) is 11.4. The summed E-state index contributed by atoms with van der Waals surface area (Å²) >= 11 is 9.41. The summed E-state index contributed by atoms with van der Waals surface area (Å²) in [4.78, 5) is 0. The highest BCUT2D eigenvalue weighted by Gasteiger charge is 2.23. The predicted octanol–water partition coefficient (Wildman–Crippen LogP) is 3.76. The zero-order valence-electron chi connectivity index (χ0n) is 8.21. The molecule has 1 saturated carbocycles. The first-order chi connectivity index (χ1) is 7.15. The smallest absolute Gasteiger partial charge is 0.0500 e. The lowest BCUT2D eigenvalue weighted by molar-refractivity contribution is 0.679. The van der Waals surface area contributed by atoms with E-state index in [1.165, 1.54) is 12.8 Å². The van der Waals surface area contributed by atoms with Gasteiger partial charge in [-0.2, -0.15) is 0 Å². The summed E-state index contributed by atoms with van der Waals surface area (Å²) in [6.45, 7) is 0.